The quantitative estimate of drug-likeness (QED) is 0.368. The summed E-state index contributed by atoms with van der Waals surface area (Å²) in [5, 5.41) is 10.9. The van der Waals surface area contributed by atoms with Crippen LogP contribution in [0.15, 0.2) is 42.5 Å². The molecule has 0 radical (unpaired) electrons. The van der Waals surface area contributed by atoms with Crippen LogP contribution in [0.1, 0.15) is 15.9 Å². The number of nitro groups is 1. The van der Waals surface area contributed by atoms with E-state index < -0.39 is 4.92 Å². The third-order valence-electron chi connectivity index (χ3n) is 3.27. The van der Waals surface area contributed by atoms with E-state index in [0.29, 0.717) is 17.1 Å². The van der Waals surface area contributed by atoms with Crippen molar-refractivity contribution in [2.24, 2.45) is 0 Å². The fourth-order valence-electron chi connectivity index (χ4n) is 2.15. The highest BCUT2D eigenvalue weighted by Crippen LogP contribution is 2.36. The molecule has 0 fully saturated rings. The highest BCUT2D eigenvalue weighted by molar-refractivity contribution is 6.32. The average Bonchev–Trinajstić information content (AvgIpc) is 3.01. The van der Waals surface area contributed by atoms with E-state index in [-0.39, 0.29) is 28.8 Å². The van der Waals surface area contributed by atoms with Gasteiger partial charge < -0.3 is 9.47 Å². The standard InChI is InChI=1S/C16H10ClNO5/c17-12-6-4-11(8-13(12)18(20)21)14(19)7-5-10-2-1-3-15-16(10)23-9-22-15/h1-8H,9H2/b7-5+. The molecule has 0 saturated carbocycles. The van der Waals surface area contributed by atoms with Crippen molar-refractivity contribution >= 4 is 29.1 Å². The molecule has 7 heteroatoms. The maximum atomic E-state index is 12.2. The second-order valence-corrected chi connectivity index (χ2v) is 5.11. The Bertz CT molecular complexity index is 831. The monoisotopic (exact) mass is 331 g/mol. The lowest BCUT2D eigenvalue weighted by Crippen LogP contribution is -1.97. The molecule has 1 heterocycles. The molecule has 0 atom stereocenters. The molecule has 116 valence electrons. The number of carbonyl (C=O) groups excluding carboxylic acids is 1. The lowest BCUT2D eigenvalue weighted by Gasteiger charge is -2.01. The number of benzene rings is 2. The Morgan fingerprint density at radius 2 is 2.09 bits per heavy atom. The van der Waals surface area contributed by atoms with Crippen LogP contribution in [0, 0.1) is 10.1 Å². The minimum atomic E-state index is -0.627. The first-order valence-corrected chi connectivity index (χ1v) is 6.99. The van der Waals surface area contributed by atoms with Crippen molar-refractivity contribution in [1.29, 1.82) is 0 Å². The zero-order chi connectivity index (χ0) is 16.4. The first-order valence-electron chi connectivity index (χ1n) is 6.61. The van der Waals surface area contributed by atoms with Crippen LogP contribution < -0.4 is 9.47 Å². The van der Waals surface area contributed by atoms with E-state index >= 15 is 0 Å². The molecule has 0 unspecified atom stereocenters. The maximum Gasteiger partial charge on any atom is 0.288 e. The van der Waals surface area contributed by atoms with Gasteiger partial charge in [0, 0.05) is 17.2 Å². The van der Waals surface area contributed by atoms with Crippen LogP contribution in [-0.2, 0) is 0 Å². The zero-order valence-corrected chi connectivity index (χ0v) is 12.4. The molecule has 0 saturated heterocycles. The molecule has 2 aromatic carbocycles. The van der Waals surface area contributed by atoms with Gasteiger partial charge in [-0.3, -0.25) is 14.9 Å². The number of hydrogen-bond acceptors (Lipinski definition) is 5. The number of carbonyl (C=O) groups is 1. The summed E-state index contributed by atoms with van der Waals surface area (Å²) >= 11 is 5.73. The number of rotatable bonds is 4. The Morgan fingerprint density at radius 1 is 1.26 bits per heavy atom. The third-order valence-corrected chi connectivity index (χ3v) is 3.59. The Hall–Kier alpha value is -2.86. The number of allylic oxidation sites excluding steroid dienone is 1. The second-order valence-electron chi connectivity index (χ2n) is 4.70. The summed E-state index contributed by atoms with van der Waals surface area (Å²) in [4.78, 5) is 22.4. The molecule has 2 aromatic rings. The molecular weight excluding hydrogens is 322 g/mol. The van der Waals surface area contributed by atoms with Crippen LogP contribution in [0.4, 0.5) is 5.69 Å². The van der Waals surface area contributed by atoms with Crippen LogP contribution in [0.5, 0.6) is 11.5 Å². The number of nitro benzene ring substituents is 1. The summed E-state index contributed by atoms with van der Waals surface area (Å²) in [6, 6.07) is 9.26. The van der Waals surface area contributed by atoms with Gasteiger partial charge in [-0.15, -0.1) is 0 Å². The van der Waals surface area contributed by atoms with Crippen LogP contribution in [-0.4, -0.2) is 17.5 Å². The topological polar surface area (TPSA) is 78.7 Å². The smallest absolute Gasteiger partial charge is 0.288 e. The van der Waals surface area contributed by atoms with Gasteiger partial charge in [0.15, 0.2) is 17.3 Å². The first-order chi connectivity index (χ1) is 11.1. The molecule has 1 aliphatic rings. The van der Waals surface area contributed by atoms with Crippen LogP contribution in [0.3, 0.4) is 0 Å². The van der Waals surface area contributed by atoms with Gasteiger partial charge in [-0.2, -0.15) is 0 Å². The lowest BCUT2D eigenvalue weighted by atomic mass is 10.1. The summed E-state index contributed by atoms with van der Waals surface area (Å²) in [5.74, 6) is 0.807. The predicted octanol–water partition coefficient (Wildman–Crippen LogP) is 3.87. The normalized spacial score (nSPS) is 12.6. The van der Waals surface area contributed by atoms with Gasteiger partial charge in [-0.05, 0) is 30.4 Å². The molecule has 3 rings (SSSR count). The number of hydrogen-bond donors (Lipinski definition) is 0. The van der Waals surface area contributed by atoms with E-state index in [2.05, 4.69) is 0 Å². The summed E-state index contributed by atoms with van der Waals surface area (Å²) in [7, 11) is 0. The van der Waals surface area contributed by atoms with E-state index in [1.165, 1.54) is 18.2 Å². The van der Waals surface area contributed by atoms with Crippen LogP contribution >= 0.6 is 11.6 Å². The third kappa shape index (κ3) is 3.02. The maximum absolute atomic E-state index is 12.2. The Balaban J connectivity index is 1.86. The van der Waals surface area contributed by atoms with Crippen molar-refractivity contribution in [3.63, 3.8) is 0 Å². The number of ketones is 1. The van der Waals surface area contributed by atoms with E-state index in [4.69, 9.17) is 21.1 Å². The number of fused-ring (bicyclic) bond motifs is 1. The van der Waals surface area contributed by atoms with Crippen molar-refractivity contribution in [1.82, 2.24) is 0 Å². The Labute approximate surface area is 136 Å². The van der Waals surface area contributed by atoms with Gasteiger partial charge >= 0.3 is 0 Å². The highest BCUT2D eigenvalue weighted by atomic mass is 35.5. The SMILES string of the molecule is O=C(/C=C/c1cccc2c1OCO2)c1ccc(Cl)c([N+](=O)[O-])c1. The number of para-hydroxylation sites is 1. The van der Waals surface area contributed by atoms with E-state index in [0.717, 1.165) is 6.07 Å². The summed E-state index contributed by atoms with van der Waals surface area (Å²) in [5.41, 5.74) is 0.571. The highest BCUT2D eigenvalue weighted by Gasteiger charge is 2.17. The van der Waals surface area contributed by atoms with Crippen molar-refractivity contribution < 1.29 is 19.2 Å². The largest absolute Gasteiger partial charge is 0.454 e. The molecule has 1 aliphatic heterocycles. The molecular formula is C16H10ClNO5. The molecule has 0 aromatic heterocycles. The van der Waals surface area contributed by atoms with Crippen molar-refractivity contribution in [3.8, 4) is 11.5 Å². The molecule has 0 spiro atoms. The molecule has 0 N–H and O–H groups in total. The minimum Gasteiger partial charge on any atom is -0.454 e. The van der Waals surface area contributed by atoms with Gasteiger partial charge in [0.2, 0.25) is 6.79 Å². The number of ether oxygens (including phenoxy) is 2. The van der Waals surface area contributed by atoms with Crippen molar-refractivity contribution in [2.45, 2.75) is 0 Å². The lowest BCUT2D eigenvalue weighted by molar-refractivity contribution is -0.384. The molecule has 23 heavy (non-hydrogen) atoms. The zero-order valence-electron chi connectivity index (χ0n) is 11.7. The fourth-order valence-corrected chi connectivity index (χ4v) is 2.34. The number of nitrogens with zero attached hydrogens (tertiary/aromatic N) is 1. The molecule has 0 amide bonds. The molecule has 0 bridgehead atoms. The number of halogens is 1. The Kier molecular flexibility index (Phi) is 3.99. The van der Waals surface area contributed by atoms with E-state index in [1.54, 1.807) is 24.3 Å². The van der Waals surface area contributed by atoms with Crippen molar-refractivity contribution in [3.05, 3.63) is 68.7 Å². The molecule has 0 aliphatic carbocycles. The van der Waals surface area contributed by atoms with Crippen LogP contribution in [0.25, 0.3) is 6.08 Å². The summed E-state index contributed by atoms with van der Waals surface area (Å²) in [6.45, 7) is 0.136. The molecule has 6 nitrogen and oxygen atoms in total. The summed E-state index contributed by atoms with van der Waals surface area (Å²) < 4.78 is 10.6. The first kappa shape index (κ1) is 15.1. The van der Waals surface area contributed by atoms with Gasteiger partial charge in [-0.1, -0.05) is 23.7 Å². The van der Waals surface area contributed by atoms with Gasteiger partial charge in [0.1, 0.15) is 5.02 Å². The van der Waals surface area contributed by atoms with Gasteiger partial charge in [0.05, 0.1) is 4.92 Å². The van der Waals surface area contributed by atoms with Gasteiger partial charge in [-0.25, -0.2) is 0 Å². The van der Waals surface area contributed by atoms with E-state index in [1.807, 2.05) is 0 Å². The van der Waals surface area contributed by atoms with Crippen LogP contribution in [0.2, 0.25) is 5.02 Å². The average molecular weight is 332 g/mol. The predicted molar refractivity (Wildman–Crippen MR) is 84.0 cm³/mol. The summed E-state index contributed by atoms with van der Waals surface area (Å²) in [6.07, 6.45) is 2.90. The van der Waals surface area contributed by atoms with Crippen molar-refractivity contribution in [2.75, 3.05) is 6.79 Å². The second kappa shape index (κ2) is 6.10. The Morgan fingerprint density at radius 3 is 2.87 bits per heavy atom. The van der Waals surface area contributed by atoms with E-state index in [9.17, 15) is 14.9 Å². The fraction of sp³-hybridized carbons (Fsp3) is 0.0625. The van der Waals surface area contributed by atoms with Gasteiger partial charge in [0.25, 0.3) is 5.69 Å². The minimum absolute atomic E-state index is 0.0121.